The summed E-state index contributed by atoms with van der Waals surface area (Å²) in [5, 5.41) is 23.1. The number of aryl methyl sites for hydroxylation is 2. The maximum atomic E-state index is 12.4. The quantitative estimate of drug-likeness (QED) is 0.378. The zero-order valence-electron chi connectivity index (χ0n) is 21.3. The van der Waals surface area contributed by atoms with Crippen LogP contribution in [0.2, 0.25) is 0 Å². The number of carbonyl (C=O) groups excluding carboxylic acids is 1. The molecule has 1 aromatic carbocycles. The Morgan fingerprint density at radius 1 is 1.20 bits per heavy atom. The minimum atomic E-state index is -0.914. The molecule has 3 atom stereocenters. The van der Waals surface area contributed by atoms with Gasteiger partial charge in [-0.3, -0.25) is 14.9 Å². The summed E-state index contributed by atoms with van der Waals surface area (Å²) in [6.07, 6.45) is 0.831. The first-order chi connectivity index (χ1) is 16.5. The summed E-state index contributed by atoms with van der Waals surface area (Å²) in [6, 6.07) is 6.50. The van der Waals surface area contributed by atoms with Crippen LogP contribution >= 0.6 is 0 Å². The van der Waals surface area contributed by atoms with E-state index in [0.717, 1.165) is 22.2 Å². The van der Waals surface area contributed by atoms with Gasteiger partial charge in [-0.1, -0.05) is 19.9 Å². The minimum absolute atomic E-state index is 0.0684. The highest BCUT2D eigenvalue weighted by molar-refractivity contribution is 5.81. The van der Waals surface area contributed by atoms with E-state index in [4.69, 9.17) is 9.72 Å². The van der Waals surface area contributed by atoms with Crippen LogP contribution in [0.4, 0.5) is 0 Å². The number of ether oxygens (including phenoxy) is 1. The highest BCUT2D eigenvalue weighted by Gasteiger charge is 2.25. The lowest BCUT2D eigenvalue weighted by atomic mass is 10.1. The van der Waals surface area contributed by atoms with Crippen LogP contribution in [0, 0.1) is 12.8 Å². The van der Waals surface area contributed by atoms with Crippen molar-refractivity contribution in [3.8, 4) is 11.4 Å². The Labute approximate surface area is 205 Å². The first kappa shape index (κ1) is 26.6. The molecule has 0 aliphatic carbocycles. The highest BCUT2D eigenvalue weighted by atomic mass is 16.5. The maximum absolute atomic E-state index is 12.4. The maximum Gasteiger partial charge on any atom is 0.325 e. The van der Waals surface area contributed by atoms with Crippen LogP contribution in [0.25, 0.3) is 22.4 Å². The van der Waals surface area contributed by atoms with Gasteiger partial charge in [-0.25, -0.2) is 4.98 Å². The molecule has 0 fully saturated rings. The van der Waals surface area contributed by atoms with E-state index in [1.54, 1.807) is 27.1 Å². The summed E-state index contributed by atoms with van der Waals surface area (Å²) in [4.78, 5) is 29.4. The average Bonchev–Trinajstić information content (AvgIpc) is 3.19. The van der Waals surface area contributed by atoms with E-state index in [1.165, 1.54) is 4.57 Å². The minimum Gasteiger partial charge on any atom is -0.464 e. The second kappa shape index (κ2) is 11.2. The van der Waals surface area contributed by atoms with Gasteiger partial charge < -0.3 is 24.1 Å². The van der Waals surface area contributed by atoms with Gasteiger partial charge in [0.1, 0.15) is 11.9 Å². The molecule has 9 heteroatoms. The Morgan fingerprint density at radius 2 is 1.91 bits per heavy atom. The molecule has 9 nitrogen and oxygen atoms in total. The molecular weight excluding hydrogens is 448 g/mol. The Morgan fingerprint density at radius 3 is 2.51 bits per heavy atom. The average molecular weight is 485 g/mol. The number of nitrogens with zero attached hydrogens (tertiary/aromatic N) is 3. The molecule has 0 saturated heterocycles. The summed E-state index contributed by atoms with van der Waals surface area (Å²) in [7, 11) is 1.70. The number of benzene rings is 1. The Hall–Kier alpha value is -3.01. The normalized spacial score (nSPS) is 14.3. The third kappa shape index (κ3) is 5.98. The summed E-state index contributed by atoms with van der Waals surface area (Å²) in [5.74, 6) is 0.380. The second-order valence-electron chi connectivity index (χ2n) is 9.61. The van der Waals surface area contributed by atoms with Gasteiger partial charge in [0.05, 0.1) is 36.4 Å². The number of aliphatic hydroxyl groups excluding tert-OH is 2. The molecule has 2 unspecified atom stereocenters. The molecule has 0 amide bonds. The molecule has 3 aromatic rings. The molecule has 0 saturated carbocycles. The predicted octanol–water partition coefficient (Wildman–Crippen LogP) is 2.30. The second-order valence-corrected chi connectivity index (χ2v) is 9.61. The number of rotatable bonds is 10. The SMILES string of the molecule is Cc1cc(-c2nc3cc(CNC(C(=O)OCC(C)C)C(C)O)ccc3n2[C@@H](C)CO)cn(C)c1=O. The molecule has 0 radical (unpaired) electrons. The first-order valence-corrected chi connectivity index (χ1v) is 11.9. The lowest BCUT2D eigenvalue weighted by Crippen LogP contribution is -2.45. The molecule has 0 aliphatic rings. The molecule has 3 N–H and O–H groups in total. The van der Waals surface area contributed by atoms with E-state index in [0.29, 0.717) is 24.5 Å². The zero-order chi connectivity index (χ0) is 25.9. The van der Waals surface area contributed by atoms with E-state index < -0.39 is 18.1 Å². The van der Waals surface area contributed by atoms with Crippen LogP contribution in [-0.4, -0.2) is 55.7 Å². The van der Waals surface area contributed by atoms with E-state index in [9.17, 15) is 19.8 Å². The van der Waals surface area contributed by atoms with Crippen molar-refractivity contribution in [2.45, 2.75) is 59.4 Å². The summed E-state index contributed by atoms with van der Waals surface area (Å²) in [6.45, 7) is 9.69. The number of carbonyl (C=O) groups is 1. The van der Waals surface area contributed by atoms with E-state index in [1.807, 2.05) is 49.6 Å². The smallest absolute Gasteiger partial charge is 0.325 e. The fourth-order valence-electron chi connectivity index (χ4n) is 4.00. The number of hydrogen-bond acceptors (Lipinski definition) is 7. The topological polar surface area (TPSA) is 119 Å². The van der Waals surface area contributed by atoms with Crippen molar-refractivity contribution < 1.29 is 19.7 Å². The summed E-state index contributed by atoms with van der Waals surface area (Å²) < 4.78 is 8.79. The van der Waals surface area contributed by atoms with Crippen LogP contribution in [-0.2, 0) is 23.1 Å². The van der Waals surface area contributed by atoms with Crippen molar-refractivity contribution >= 4 is 17.0 Å². The van der Waals surface area contributed by atoms with Gasteiger partial charge in [0, 0.05) is 30.9 Å². The van der Waals surface area contributed by atoms with Crippen LogP contribution in [0.3, 0.4) is 0 Å². The van der Waals surface area contributed by atoms with E-state index >= 15 is 0 Å². The molecule has 0 aliphatic heterocycles. The number of hydrogen-bond donors (Lipinski definition) is 3. The molecule has 2 aromatic heterocycles. The lowest BCUT2D eigenvalue weighted by molar-refractivity contribution is -0.150. The largest absolute Gasteiger partial charge is 0.464 e. The van der Waals surface area contributed by atoms with Crippen molar-refractivity contribution in [3.05, 3.63) is 51.9 Å². The number of nitrogens with one attached hydrogen (secondary N) is 1. The molecular formula is C26H36N4O5. The number of imidazole rings is 1. The van der Waals surface area contributed by atoms with Crippen molar-refractivity contribution in [2.75, 3.05) is 13.2 Å². The van der Waals surface area contributed by atoms with Crippen LogP contribution in [0.1, 0.15) is 44.9 Å². The van der Waals surface area contributed by atoms with Gasteiger partial charge in [0.25, 0.3) is 5.56 Å². The molecule has 0 spiro atoms. The molecule has 2 heterocycles. The van der Waals surface area contributed by atoms with Gasteiger partial charge in [-0.05, 0) is 50.5 Å². The van der Waals surface area contributed by atoms with Gasteiger partial charge in [0.2, 0.25) is 0 Å². The van der Waals surface area contributed by atoms with Crippen LogP contribution in [0.5, 0.6) is 0 Å². The van der Waals surface area contributed by atoms with Crippen molar-refractivity contribution in [1.82, 2.24) is 19.4 Å². The van der Waals surface area contributed by atoms with Crippen molar-refractivity contribution in [1.29, 1.82) is 0 Å². The van der Waals surface area contributed by atoms with Crippen molar-refractivity contribution in [2.24, 2.45) is 13.0 Å². The van der Waals surface area contributed by atoms with Crippen LogP contribution < -0.4 is 10.9 Å². The first-order valence-electron chi connectivity index (χ1n) is 11.9. The van der Waals surface area contributed by atoms with Gasteiger partial charge in [0.15, 0.2) is 0 Å². The summed E-state index contributed by atoms with van der Waals surface area (Å²) >= 11 is 0. The fraction of sp³-hybridized carbons (Fsp3) is 0.500. The number of aliphatic hydroxyl groups is 2. The number of pyridine rings is 1. The standard InChI is InChI=1S/C26H36N4O5/c1-15(2)14-35-26(34)23(18(5)32)27-11-19-7-8-22-21(10-19)28-24(30(22)17(4)13-31)20-9-16(3)25(33)29(6)12-20/h7-10,12,15,17-18,23,27,31-32H,11,13-14H2,1-6H3/t17-,18?,23?/m0/s1. The van der Waals surface area contributed by atoms with Gasteiger partial charge in [-0.2, -0.15) is 0 Å². The number of esters is 1. The third-order valence-corrected chi connectivity index (χ3v) is 5.90. The highest BCUT2D eigenvalue weighted by Crippen LogP contribution is 2.29. The monoisotopic (exact) mass is 484 g/mol. The molecule has 190 valence electrons. The fourth-order valence-corrected chi connectivity index (χ4v) is 4.00. The van der Waals surface area contributed by atoms with Gasteiger partial charge in [-0.15, -0.1) is 0 Å². The molecule has 3 rings (SSSR count). The third-order valence-electron chi connectivity index (χ3n) is 5.90. The Kier molecular flexibility index (Phi) is 8.47. The van der Waals surface area contributed by atoms with Crippen LogP contribution in [0.15, 0.2) is 35.3 Å². The van der Waals surface area contributed by atoms with Crippen molar-refractivity contribution in [3.63, 3.8) is 0 Å². The summed E-state index contributed by atoms with van der Waals surface area (Å²) in [5.41, 5.74) is 3.77. The van der Waals surface area contributed by atoms with E-state index in [-0.39, 0.29) is 24.1 Å². The number of aromatic nitrogens is 3. The Balaban J connectivity index is 1.94. The molecule has 35 heavy (non-hydrogen) atoms. The molecule has 0 bridgehead atoms. The Bertz CT molecular complexity index is 1220. The lowest BCUT2D eigenvalue weighted by Gasteiger charge is -2.21. The van der Waals surface area contributed by atoms with E-state index in [2.05, 4.69) is 5.32 Å². The number of fused-ring (bicyclic) bond motifs is 1. The zero-order valence-corrected chi connectivity index (χ0v) is 21.3. The van der Waals surface area contributed by atoms with Gasteiger partial charge >= 0.3 is 5.97 Å². The predicted molar refractivity (Wildman–Crippen MR) is 135 cm³/mol.